The smallest absolute Gasteiger partial charge is 0.257 e. The third kappa shape index (κ3) is 3.18. The van der Waals surface area contributed by atoms with E-state index in [1.54, 1.807) is 12.3 Å². The predicted octanol–water partition coefficient (Wildman–Crippen LogP) is 4.28. The molecule has 7 nitrogen and oxygen atoms in total. The summed E-state index contributed by atoms with van der Waals surface area (Å²) in [5.41, 5.74) is 9.18. The van der Waals surface area contributed by atoms with Gasteiger partial charge in [-0.3, -0.25) is 5.10 Å². The number of benzene rings is 1. The quantitative estimate of drug-likeness (QED) is 0.403. The molecule has 3 heterocycles. The van der Waals surface area contributed by atoms with Gasteiger partial charge in [-0.15, -0.1) is 0 Å². The van der Waals surface area contributed by atoms with E-state index in [1.807, 2.05) is 24.4 Å². The SMILES string of the molecule is C[C@@H](c1ccc2[nH]ccc2c1)c1cnc(N)nc1Nc1cc(C2CC2(F)F)[nH]n1. The van der Waals surface area contributed by atoms with Crippen molar-refractivity contribution in [2.45, 2.75) is 31.1 Å². The van der Waals surface area contributed by atoms with Crippen molar-refractivity contribution in [1.29, 1.82) is 0 Å². The molecule has 1 fully saturated rings. The van der Waals surface area contributed by atoms with Crippen molar-refractivity contribution in [1.82, 2.24) is 25.1 Å². The van der Waals surface area contributed by atoms with Gasteiger partial charge in [0.05, 0.1) is 5.92 Å². The Balaban J connectivity index is 1.45. The molecule has 3 aromatic heterocycles. The van der Waals surface area contributed by atoms with Gasteiger partial charge in [0.25, 0.3) is 5.92 Å². The van der Waals surface area contributed by atoms with Gasteiger partial charge in [0.1, 0.15) is 5.82 Å². The van der Waals surface area contributed by atoms with Crippen LogP contribution in [0.15, 0.2) is 42.7 Å². The second kappa shape index (κ2) is 6.26. The number of anilines is 3. The summed E-state index contributed by atoms with van der Waals surface area (Å²) in [6.07, 6.45) is 3.43. The van der Waals surface area contributed by atoms with Gasteiger partial charge in [-0.05, 0) is 29.1 Å². The number of rotatable bonds is 5. The molecule has 29 heavy (non-hydrogen) atoms. The molecule has 2 atom stereocenters. The van der Waals surface area contributed by atoms with Crippen LogP contribution in [-0.2, 0) is 0 Å². The lowest BCUT2D eigenvalue weighted by atomic mass is 9.93. The molecule has 1 aliphatic carbocycles. The van der Waals surface area contributed by atoms with Crippen molar-refractivity contribution >= 4 is 28.5 Å². The van der Waals surface area contributed by atoms with Crippen LogP contribution < -0.4 is 11.1 Å². The molecule has 1 unspecified atom stereocenters. The molecule has 5 N–H and O–H groups in total. The number of nitrogens with two attached hydrogens (primary N) is 1. The highest BCUT2D eigenvalue weighted by atomic mass is 19.3. The van der Waals surface area contributed by atoms with Gasteiger partial charge in [-0.1, -0.05) is 13.0 Å². The normalized spacial score (nSPS) is 18.7. The van der Waals surface area contributed by atoms with E-state index >= 15 is 0 Å². The Labute approximate surface area is 164 Å². The maximum absolute atomic E-state index is 13.3. The molecular formula is C20H19F2N7. The number of hydrogen-bond acceptors (Lipinski definition) is 5. The van der Waals surface area contributed by atoms with Crippen molar-refractivity contribution in [3.63, 3.8) is 0 Å². The van der Waals surface area contributed by atoms with E-state index in [4.69, 9.17) is 5.73 Å². The zero-order chi connectivity index (χ0) is 20.2. The number of nitrogens with one attached hydrogen (secondary N) is 3. The number of nitrogen functional groups attached to an aromatic ring is 1. The number of alkyl halides is 2. The maximum Gasteiger partial charge on any atom is 0.257 e. The highest BCUT2D eigenvalue weighted by molar-refractivity contribution is 5.80. The molecule has 148 valence electrons. The maximum atomic E-state index is 13.3. The van der Waals surface area contributed by atoms with Gasteiger partial charge in [0, 0.05) is 47.6 Å². The Morgan fingerprint density at radius 2 is 2.10 bits per heavy atom. The van der Waals surface area contributed by atoms with Crippen molar-refractivity contribution in [2.24, 2.45) is 0 Å². The summed E-state index contributed by atoms with van der Waals surface area (Å²) in [7, 11) is 0. The molecule has 5 rings (SSSR count). The minimum absolute atomic E-state index is 0.0245. The number of fused-ring (bicyclic) bond motifs is 1. The van der Waals surface area contributed by atoms with Gasteiger partial charge < -0.3 is 16.0 Å². The zero-order valence-electron chi connectivity index (χ0n) is 15.6. The summed E-state index contributed by atoms with van der Waals surface area (Å²) in [6.45, 7) is 2.05. The van der Waals surface area contributed by atoms with Crippen molar-refractivity contribution < 1.29 is 8.78 Å². The summed E-state index contributed by atoms with van der Waals surface area (Å²) in [5, 5.41) is 11.0. The first kappa shape index (κ1) is 17.6. The van der Waals surface area contributed by atoms with Gasteiger partial charge in [-0.2, -0.15) is 10.1 Å². The van der Waals surface area contributed by atoms with E-state index in [0.717, 1.165) is 22.0 Å². The van der Waals surface area contributed by atoms with Crippen molar-refractivity contribution in [3.8, 4) is 0 Å². The molecule has 0 aliphatic heterocycles. The molecule has 0 spiro atoms. The Morgan fingerprint density at radius 3 is 2.90 bits per heavy atom. The van der Waals surface area contributed by atoms with Gasteiger partial charge in [-0.25, -0.2) is 13.8 Å². The standard InChI is InChI=1S/C20H19F2N7/c1-10(11-2-3-15-12(6-11)4-5-24-15)13-9-25-19(23)27-18(13)26-17-7-16(28-29-17)14-8-20(14,21)22/h2-7,9-10,14,24H,8H2,1H3,(H4,23,25,26,27,28,29)/t10-,14?/m0/s1. The molecule has 0 bridgehead atoms. The van der Waals surface area contributed by atoms with Crippen LogP contribution in [0.25, 0.3) is 10.9 Å². The number of H-pyrrole nitrogens is 2. The molecule has 0 saturated heterocycles. The summed E-state index contributed by atoms with van der Waals surface area (Å²) < 4.78 is 26.6. The summed E-state index contributed by atoms with van der Waals surface area (Å²) in [4.78, 5) is 11.6. The number of hydrogen-bond donors (Lipinski definition) is 4. The van der Waals surface area contributed by atoms with Crippen LogP contribution in [0.4, 0.5) is 26.4 Å². The van der Waals surface area contributed by atoms with Gasteiger partial charge >= 0.3 is 0 Å². The van der Waals surface area contributed by atoms with E-state index in [9.17, 15) is 8.78 Å². The minimum Gasteiger partial charge on any atom is -0.368 e. The lowest BCUT2D eigenvalue weighted by Crippen LogP contribution is -2.07. The third-order valence-corrected chi connectivity index (χ3v) is 5.43. The summed E-state index contributed by atoms with van der Waals surface area (Å²) >= 11 is 0. The lowest BCUT2D eigenvalue weighted by Gasteiger charge is -2.16. The summed E-state index contributed by atoms with van der Waals surface area (Å²) in [6, 6.07) is 9.79. The first-order chi connectivity index (χ1) is 13.9. The Bertz CT molecular complexity index is 1200. The lowest BCUT2D eigenvalue weighted by molar-refractivity contribution is 0.111. The Hall–Kier alpha value is -3.49. The minimum atomic E-state index is -2.65. The second-order valence-electron chi connectivity index (χ2n) is 7.43. The van der Waals surface area contributed by atoms with Crippen LogP contribution in [0, 0.1) is 0 Å². The number of aromatic nitrogens is 5. The van der Waals surface area contributed by atoms with Crippen LogP contribution in [0.3, 0.4) is 0 Å². The van der Waals surface area contributed by atoms with E-state index < -0.39 is 11.8 Å². The van der Waals surface area contributed by atoms with E-state index in [0.29, 0.717) is 17.3 Å². The molecule has 1 saturated carbocycles. The average Bonchev–Trinajstić information content (AvgIpc) is 3.08. The molecular weight excluding hydrogens is 376 g/mol. The highest BCUT2D eigenvalue weighted by Gasteiger charge is 2.58. The average molecular weight is 395 g/mol. The molecule has 1 aliphatic rings. The van der Waals surface area contributed by atoms with Gasteiger partial charge in [0.15, 0.2) is 5.82 Å². The van der Waals surface area contributed by atoms with Crippen molar-refractivity contribution in [3.05, 3.63) is 59.5 Å². The van der Waals surface area contributed by atoms with E-state index in [2.05, 4.69) is 43.5 Å². The molecule has 4 aromatic rings. The highest BCUT2D eigenvalue weighted by Crippen LogP contribution is 2.55. The van der Waals surface area contributed by atoms with Crippen molar-refractivity contribution in [2.75, 3.05) is 11.1 Å². The van der Waals surface area contributed by atoms with E-state index in [-0.39, 0.29) is 18.3 Å². The molecule has 0 amide bonds. The molecule has 9 heteroatoms. The zero-order valence-corrected chi connectivity index (χ0v) is 15.6. The van der Waals surface area contributed by atoms with E-state index in [1.165, 1.54) is 0 Å². The largest absolute Gasteiger partial charge is 0.368 e. The molecule has 0 radical (unpaired) electrons. The number of aromatic amines is 2. The monoisotopic (exact) mass is 395 g/mol. The predicted molar refractivity (Wildman–Crippen MR) is 106 cm³/mol. The van der Waals surface area contributed by atoms with Gasteiger partial charge in [0.2, 0.25) is 5.95 Å². The topological polar surface area (TPSA) is 108 Å². The fraction of sp³-hybridized carbons (Fsp3) is 0.250. The fourth-order valence-corrected chi connectivity index (χ4v) is 3.59. The van der Waals surface area contributed by atoms with Crippen LogP contribution >= 0.6 is 0 Å². The summed E-state index contributed by atoms with van der Waals surface area (Å²) in [5.74, 6) is -2.44. The number of halogens is 2. The first-order valence-electron chi connectivity index (χ1n) is 9.30. The van der Waals surface area contributed by atoms with Crippen LogP contribution in [-0.4, -0.2) is 31.1 Å². The fourth-order valence-electron chi connectivity index (χ4n) is 3.59. The second-order valence-corrected chi connectivity index (χ2v) is 7.43. The Morgan fingerprint density at radius 1 is 1.28 bits per heavy atom. The third-order valence-electron chi connectivity index (χ3n) is 5.43. The number of nitrogens with zero attached hydrogens (tertiary/aromatic N) is 3. The van der Waals surface area contributed by atoms with Crippen LogP contribution in [0.1, 0.15) is 42.0 Å². The molecule has 1 aromatic carbocycles. The van der Waals surface area contributed by atoms with Crippen LogP contribution in [0.5, 0.6) is 0 Å². The Kier molecular flexibility index (Phi) is 3.80. The van der Waals surface area contributed by atoms with Crippen LogP contribution in [0.2, 0.25) is 0 Å². The first-order valence-corrected chi connectivity index (χ1v) is 9.30.